The molecule has 1 aromatic rings. The Balaban J connectivity index is 2.41. The van der Waals surface area contributed by atoms with Gasteiger partial charge in [0.2, 0.25) is 0 Å². The van der Waals surface area contributed by atoms with Crippen molar-refractivity contribution in [2.24, 2.45) is 0 Å². The molecule has 0 spiro atoms. The largest absolute Gasteiger partial charge is 0.471 e. The number of aryl methyl sites for hydroxylation is 2. The molecule has 0 aliphatic rings. The van der Waals surface area contributed by atoms with Crippen molar-refractivity contribution < 1.29 is 22.8 Å². The van der Waals surface area contributed by atoms with Gasteiger partial charge in [0.25, 0.3) is 5.91 Å². The van der Waals surface area contributed by atoms with E-state index in [0.717, 1.165) is 11.1 Å². The van der Waals surface area contributed by atoms with Crippen molar-refractivity contribution in [3.05, 3.63) is 34.9 Å². The number of amides is 2. The number of hydrogen-bond acceptors (Lipinski definition) is 2. The van der Waals surface area contributed by atoms with Gasteiger partial charge in [0.15, 0.2) is 0 Å². The Labute approximate surface area is 114 Å². The van der Waals surface area contributed by atoms with Gasteiger partial charge in [0.05, 0.1) is 0 Å². The summed E-state index contributed by atoms with van der Waals surface area (Å²) in [5.41, 5.74) is 2.41. The summed E-state index contributed by atoms with van der Waals surface area (Å²) in [6.07, 6.45) is -4.90. The number of rotatable bonds is 4. The zero-order chi connectivity index (χ0) is 15.3. The quantitative estimate of drug-likeness (QED) is 0.829. The molecule has 0 atom stereocenters. The van der Waals surface area contributed by atoms with Gasteiger partial charge in [0.1, 0.15) is 0 Å². The Hall–Kier alpha value is -2.05. The van der Waals surface area contributed by atoms with Crippen molar-refractivity contribution in [1.82, 2.24) is 10.6 Å². The van der Waals surface area contributed by atoms with Crippen LogP contribution in [-0.4, -0.2) is 31.1 Å². The van der Waals surface area contributed by atoms with E-state index in [1.54, 1.807) is 23.5 Å². The molecule has 0 unspecified atom stereocenters. The summed E-state index contributed by atoms with van der Waals surface area (Å²) in [5.74, 6) is -2.41. The molecule has 110 valence electrons. The first-order valence-electron chi connectivity index (χ1n) is 5.92. The minimum Gasteiger partial charge on any atom is -0.350 e. The molecule has 1 rings (SSSR count). The molecule has 0 radical (unpaired) electrons. The summed E-state index contributed by atoms with van der Waals surface area (Å²) in [7, 11) is 0. The highest BCUT2D eigenvalue weighted by Gasteiger charge is 2.38. The van der Waals surface area contributed by atoms with E-state index < -0.39 is 18.0 Å². The van der Waals surface area contributed by atoms with Gasteiger partial charge in [-0.25, -0.2) is 0 Å². The minimum atomic E-state index is -4.90. The third kappa shape index (κ3) is 4.56. The summed E-state index contributed by atoms with van der Waals surface area (Å²) in [4.78, 5) is 22.2. The summed E-state index contributed by atoms with van der Waals surface area (Å²) < 4.78 is 35.6. The van der Waals surface area contributed by atoms with E-state index in [2.05, 4.69) is 5.32 Å². The number of benzene rings is 1. The highest BCUT2D eigenvalue weighted by molar-refractivity contribution is 5.94. The zero-order valence-corrected chi connectivity index (χ0v) is 11.1. The predicted octanol–water partition coefficient (Wildman–Crippen LogP) is 1.71. The standard InChI is InChI=1S/C13H15F3N2O2/c1-8-3-4-10(7-9(8)2)11(19)17-5-6-18-12(20)13(14,15)16/h3-4,7H,5-6H2,1-2H3,(H,17,19)(H,18,20). The summed E-state index contributed by atoms with van der Waals surface area (Å²) in [6.45, 7) is 3.40. The first kappa shape index (κ1) is 16.0. The third-order valence-corrected chi connectivity index (χ3v) is 2.72. The Bertz CT molecular complexity index is 513. The van der Waals surface area contributed by atoms with Crippen molar-refractivity contribution in [2.75, 3.05) is 13.1 Å². The molecule has 0 saturated carbocycles. The topological polar surface area (TPSA) is 58.2 Å². The van der Waals surface area contributed by atoms with Crippen LogP contribution in [0.4, 0.5) is 13.2 Å². The second kappa shape index (κ2) is 6.40. The SMILES string of the molecule is Cc1ccc(C(=O)NCCNC(=O)C(F)(F)F)cc1C. The fourth-order valence-corrected chi connectivity index (χ4v) is 1.44. The van der Waals surface area contributed by atoms with Gasteiger partial charge in [0, 0.05) is 18.7 Å². The molecule has 0 aromatic heterocycles. The molecule has 0 saturated heterocycles. The van der Waals surface area contributed by atoms with Crippen LogP contribution in [0.5, 0.6) is 0 Å². The van der Waals surface area contributed by atoms with E-state index in [4.69, 9.17) is 0 Å². The van der Waals surface area contributed by atoms with Crippen molar-refractivity contribution in [1.29, 1.82) is 0 Å². The lowest BCUT2D eigenvalue weighted by Gasteiger charge is -2.09. The second-order valence-corrected chi connectivity index (χ2v) is 4.31. The molecule has 1 aromatic carbocycles. The minimum absolute atomic E-state index is 0.0758. The van der Waals surface area contributed by atoms with E-state index in [0.29, 0.717) is 5.56 Å². The number of nitrogens with one attached hydrogen (secondary N) is 2. The zero-order valence-electron chi connectivity index (χ0n) is 11.1. The van der Waals surface area contributed by atoms with Crippen molar-refractivity contribution >= 4 is 11.8 Å². The van der Waals surface area contributed by atoms with Crippen LogP contribution in [0.25, 0.3) is 0 Å². The van der Waals surface area contributed by atoms with Crippen molar-refractivity contribution in [3.8, 4) is 0 Å². The maximum absolute atomic E-state index is 11.9. The lowest BCUT2D eigenvalue weighted by atomic mass is 10.1. The first-order chi connectivity index (χ1) is 9.21. The van der Waals surface area contributed by atoms with E-state index in [1.807, 2.05) is 13.8 Å². The highest BCUT2D eigenvalue weighted by Crippen LogP contribution is 2.13. The molecular weight excluding hydrogens is 273 g/mol. The number of carbonyl (C=O) groups excluding carboxylic acids is 2. The molecule has 2 amide bonds. The van der Waals surface area contributed by atoms with Gasteiger partial charge >= 0.3 is 12.1 Å². The van der Waals surface area contributed by atoms with Crippen molar-refractivity contribution in [3.63, 3.8) is 0 Å². The molecular formula is C13H15F3N2O2. The summed E-state index contributed by atoms with van der Waals surface area (Å²) in [6, 6.07) is 5.11. The average molecular weight is 288 g/mol. The van der Waals surface area contributed by atoms with Gasteiger partial charge in [-0.05, 0) is 37.1 Å². The molecule has 4 nitrogen and oxygen atoms in total. The number of hydrogen-bond donors (Lipinski definition) is 2. The molecule has 20 heavy (non-hydrogen) atoms. The van der Waals surface area contributed by atoms with Gasteiger partial charge < -0.3 is 10.6 Å². The number of alkyl halides is 3. The van der Waals surface area contributed by atoms with Gasteiger partial charge in [-0.15, -0.1) is 0 Å². The van der Waals surface area contributed by atoms with Crippen LogP contribution in [0.2, 0.25) is 0 Å². The lowest BCUT2D eigenvalue weighted by Crippen LogP contribution is -2.41. The van der Waals surface area contributed by atoms with E-state index in [9.17, 15) is 22.8 Å². The molecule has 0 aliphatic heterocycles. The van der Waals surface area contributed by atoms with Crippen LogP contribution < -0.4 is 10.6 Å². The molecule has 0 aliphatic carbocycles. The van der Waals surface area contributed by atoms with Gasteiger partial charge in [-0.1, -0.05) is 6.07 Å². The Morgan fingerprint density at radius 2 is 1.65 bits per heavy atom. The van der Waals surface area contributed by atoms with Gasteiger partial charge in [-0.3, -0.25) is 9.59 Å². The molecule has 0 fully saturated rings. The third-order valence-electron chi connectivity index (χ3n) is 2.72. The van der Waals surface area contributed by atoms with Gasteiger partial charge in [-0.2, -0.15) is 13.2 Å². The maximum Gasteiger partial charge on any atom is 0.471 e. The lowest BCUT2D eigenvalue weighted by molar-refractivity contribution is -0.173. The van der Waals surface area contributed by atoms with E-state index >= 15 is 0 Å². The number of carbonyl (C=O) groups is 2. The monoisotopic (exact) mass is 288 g/mol. The Morgan fingerprint density at radius 3 is 2.20 bits per heavy atom. The van der Waals surface area contributed by atoms with Crippen molar-refractivity contribution in [2.45, 2.75) is 20.0 Å². The molecule has 2 N–H and O–H groups in total. The summed E-state index contributed by atoms with van der Waals surface area (Å²) in [5, 5.41) is 4.10. The van der Waals surface area contributed by atoms with Crippen LogP contribution in [0.1, 0.15) is 21.5 Å². The van der Waals surface area contributed by atoms with Crippen LogP contribution in [-0.2, 0) is 4.79 Å². The Morgan fingerprint density at radius 1 is 1.05 bits per heavy atom. The fourth-order valence-electron chi connectivity index (χ4n) is 1.44. The maximum atomic E-state index is 11.9. The first-order valence-corrected chi connectivity index (χ1v) is 5.92. The average Bonchev–Trinajstić information content (AvgIpc) is 2.36. The van der Waals surface area contributed by atoms with E-state index in [1.165, 1.54) is 0 Å². The van der Waals surface area contributed by atoms with Crippen LogP contribution in [0.15, 0.2) is 18.2 Å². The molecule has 0 bridgehead atoms. The Kier molecular flexibility index (Phi) is 5.12. The molecule has 0 heterocycles. The van der Waals surface area contributed by atoms with Crippen LogP contribution in [0, 0.1) is 13.8 Å². The van der Waals surface area contributed by atoms with E-state index in [-0.39, 0.29) is 13.1 Å². The smallest absolute Gasteiger partial charge is 0.350 e. The second-order valence-electron chi connectivity index (χ2n) is 4.31. The highest BCUT2D eigenvalue weighted by atomic mass is 19.4. The van der Waals surface area contributed by atoms with Crippen LogP contribution in [0.3, 0.4) is 0 Å². The fraction of sp³-hybridized carbons (Fsp3) is 0.385. The predicted molar refractivity (Wildman–Crippen MR) is 67.3 cm³/mol. The molecule has 7 heteroatoms. The summed E-state index contributed by atoms with van der Waals surface area (Å²) >= 11 is 0. The number of halogens is 3. The normalized spacial score (nSPS) is 11.1. The van der Waals surface area contributed by atoms with Crippen LogP contribution >= 0.6 is 0 Å².